The van der Waals surface area contributed by atoms with Gasteiger partial charge < -0.3 is 13.9 Å². The van der Waals surface area contributed by atoms with Crippen LogP contribution in [0.4, 0.5) is 0 Å². The molecule has 29 heavy (non-hydrogen) atoms. The van der Waals surface area contributed by atoms with Gasteiger partial charge in [0.05, 0.1) is 25.3 Å². The Labute approximate surface area is 172 Å². The van der Waals surface area contributed by atoms with Crippen LogP contribution in [0.1, 0.15) is 5.56 Å². The standard InChI is InChI=1S/C24H18ClNO3/c1-13-9-15(25)10-18-21-16-11-19(27-2)20(28-3)12-17(16)22(14-7-5-4-6-8-14)26-24(21)29-23(13)18/h4-12H,1-3H3. The molecule has 0 fully saturated rings. The van der Waals surface area contributed by atoms with Crippen LogP contribution in [-0.4, -0.2) is 19.2 Å². The maximum Gasteiger partial charge on any atom is 0.228 e. The Morgan fingerprint density at radius 3 is 2.24 bits per heavy atom. The number of pyridine rings is 1. The zero-order chi connectivity index (χ0) is 20.1. The summed E-state index contributed by atoms with van der Waals surface area (Å²) >= 11 is 6.36. The molecule has 0 aliphatic heterocycles. The molecule has 0 atom stereocenters. The molecule has 2 heterocycles. The van der Waals surface area contributed by atoms with Gasteiger partial charge in [-0.1, -0.05) is 41.9 Å². The number of hydrogen-bond acceptors (Lipinski definition) is 4. The Morgan fingerprint density at radius 2 is 1.55 bits per heavy atom. The van der Waals surface area contributed by atoms with Crippen LogP contribution in [-0.2, 0) is 0 Å². The molecule has 0 bridgehead atoms. The number of aryl methyl sites for hydroxylation is 1. The highest BCUT2D eigenvalue weighted by Gasteiger charge is 2.20. The quantitative estimate of drug-likeness (QED) is 0.333. The summed E-state index contributed by atoms with van der Waals surface area (Å²) in [5, 5.41) is 4.46. The summed E-state index contributed by atoms with van der Waals surface area (Å²) in [5.74, 6) is 1.31. The van der Waals surface area contributed by atoms with Crippen molar-refractivity contribution >= 4 is 44.4 Å². The lowest BCUT2D eigenvalue weighted by Gasteiger charge is -2.12. The Hall–Kier alpha value is -3.24. The van der Waals surface area contributed by atoms with Crippen molar-refractivity contribution in [1.82, 2.24) is 4.98 Å². The van der Waals surface area contributed by atoms with Crippen LogP contribution in [0.3, 0.4) is 0 Å². The predicted octanol–water partition coefficient (Wildman–Crippen LogP) is 6.78. The zero-order valence-corrected chi connectivity index (χ0v) is 17.0. The smallest absolute Gasteiger partial charge is 0.228 e. The maximum absolute atomic E-state index is 6.36. The highest BCUT2D eigenvalue weighted by molar-refractivity contribution is 6.32. The summed E-state index contributed by atoms with van der Waals surface area (Å²) in [7, 11) is 3.27. The molecule has 0 radical (unpaired) electrons. The lowest BCUT2D eigenvalue weighted by Crippen LogP contribution is -1.93. The number of furan rings is 1. The molecule has 4 nitrogen and oxygen atoms in total. The lowest BCUT2D eigenvalue weighted by molar-refractivity contribution is 0.356. The van der Waals surface area contributed by atoms with Crippen LogP contribution in [0.2, 0.25) is 5.02 Å². The topological polar surface area (TPSA) is 44.5 Å². The van der Waals surface area contributed by atoms with E-state index < -0.39 is 0 Å². The molecule has 0 aliphatic rings. The van der Waals surface area contributed by atoms with E-state index in [0.29, 0.717) is 22.2 Å². The second kappa shape index (κ2) is 6.68. The number of aromatic nitrogens is 1. The molecule has 5 heteroatoms. The van der Waals surface area contributed by atoms with Crippen LogP contribution >= 0.6 is 11.6 Å². The summed E-state index contributed by atoms with van der Waals surface area (Å²) in [5.41, 5.74) is 4.17. The molecule has 0 spiro atoms. The summed E-state index contributed by atoms with van der Waals surface area (Å²) < 4.78 is 17.3. The van der Waals surface area contributed by atoms with Crippen LogP contribution in [0, 0.1) is 6.92 Å². The second-order valence-electron chi connectivity index (χ2n) is 6.96. The third-order valence-corrected chi connectivity index (χ3v) is 5.45. The number of rotatable bonds is 3. The average Bonchev–Trinajstić information content (AvgIpc) is 3.11. The number of hydrogen-bond donors (Lipinski definition) is 0. The first-order valence-corrected chi connectivity index (χ1v) is 9.62. The van der Waals surface area contributed by atoms with Crippen molar-refractivity contribution in [2.45, 2.75) is 6.92 Å². The molecule has 5 aromatic rings. The fourth-order valence-corrected chi connectivity index (χ4v) is 4.19. The summed E-state index contributed by atoms with van der Waals surface area (Å²) in [6.45, 7) is 1.99. The lowest BCUT2D eigenvalue weighted by atomic mass is 9.99. The monoisotopic (exact) mass is 403 g/mol. The van der Waals surface area contributed by atoms with E-state index in [1.54, 1.807) is 14.2 Å². The molecule has 144 valence electrons. The van der Waals surface area contributed by atoms with Gasteiger partial charge in [-0.15, -0.1) is 0 Å². The van der Waals surface area contributed by atoms with E-state index in [9.17, 15) is 0 Å². The molecule has 0 amide bonds. The minimum Gasteiger partial charge on any atom is -0.493 e. The Morgan fingerprint density at radius 1 is 0.862 bits per heavy atom. The van der Waals surface area contributed by atoms with E-state index in [1.807, 2.05) is 61.5 Å². The molecule has 5 rings (SSSR count). The van der Waals surface area contributed by atoms with Crippen molar-refractivity contribution < 1.29 is 13.9 Å². The fourth-order valence-electron chi connectivity index (χ4n) is 3.91. The van der Waals surface area contributed by atoms with Crippen LogP contribution in [0.5, 0.6) is 11.5 Å². The van der Waals surface area contributed by atoms with Crippen molar-refractivity contribution in [1.29, 1.82) is 0 Å². The highest BCUT2D eigenvalue weighted by Crippen LogP contribution is 2.43. The number of halogens is 1. The Kier molecular flexibility index (Phi) is 4.10. The average molecular weight is 404 g/mol. The van der Waals surface area contributed by atoms with Crippen molar-refractivity contribution in [2.24, 2.45) is 0 Å². The van der Waals surface area contributed by atoms with Crippen molar-refractivity contribution in [3.05, 3.63) is 65.2 Å². The van der Waals surface area contributed by atoms with Gasteiger partial charge in [0.1, 0.15) is 5.58 Å². The second-order valence-corrected chi connectivity index (χ2v) is 7.40. The predicted molar refractivity (Wildman–Crippen MR) is 117 cm³/mol. The van der Waals surface area contributed by atoms with E-state index >= 15 is 0 Å². The van der Waals surface area contributed by atoms with Crippen LogP contribution in [0.15, 0.2) is 59.0 Å². The van der Waals surface area contributed by atoms with Gasteiger partial charge in [0.15, 0.2) is 11.5 Å². The molecular formula is C24H18ClNO3. The van der Waals surface area contributed by atoms with E-state index in [4.69, 9.17) is 30.5 Å². The van der Waals surface area contributed by atoms with Gasteiger partial charge in [-0.2, -0.15) is 0 Å². The van der Waals surface area contributed by atoms with Crippen LogP contribution in [0.25, 0.3) is 44.1 Å². The molecule has 0 saturated heterocycles. The Balaban J connectivity index is 2.02. The van der Waals surface area contributed by atoms with Crippen molar-refractivity contribution in [3.63, 3.8) is 0 Å². The summed E-state index contributed by atoms with van der Waals surface area (Å²) in [6.07, 6.45) is 0. The minimum absolute atomic E-state index is 0.573. The number of ether oxygens (including phenoxy) is 2. The molecule has 2 aromatic heterocycles. The van der Waals surface area contributed by atoms with E-state index in [1.165, 1.54) is 0 Å². The number of methoxy groups -OCH3 is 2. The van der Waals surface area contributed by atoms with Gasteiger partial charge in [-0.3, -0.25) is 0 Å². The first-order valence-electron chi connectivity index (χ1n) is 9.24. The van der Waals surface area contributed by atoms with Crippen LogP contribution < -0.4 is 9.47 Å². The number of benzene rings is 3. The van der Waals surface area contributed by atoms with Gasteiger partial charge in [0.25, 0.3) is 0 Å². The zero-order valence-electron chi connectivity index (χ0n) is 16.2. The van der Waals surface area contributed by atoms with E-state index in [2.05, 4.69) is 0 Å². The largest absolute Gasteiger partial charge is 0.493 e. The summed E-state index contributed by atoms with van der Waals surface area (Å²) in [4.78, 5) is 4.91. The molecular weight excluding hydrogens is 386 g/mol. The van der Waals surface area contributed by atoms with Gasteiger partial charge >= 0.3 is 0 Å². The molecule has 0 unspecified atom stereocenters. The molecule has 0 aliphatic carbocycles. The van der Waals surface area contributed by atoms with Gasteiger partial charge in [-0.05, 0) is 36.8 Å². The summed E-state index contributed by atoms with van der Waals surface area (Å²) in [6, 6.07) is 17.8. The number of fused-ring (bicyclic) bond motifs is 5. The third kappa shape index (κ3) is 2.71. The highest BCUT2D eigenvalue weighted by atomic mass is 35.5. The first kappa shape index (κ1) is 17.8. The van der Waals surface area contributed by atoms with Gasteiger partial charge in [0.2, 0.25) is 5.71 Å². The molecule has 3 aromatic carbocycles. The van der Waals surface area contributed by atoms with Crippen molar-refractivity contribution in [2.75, 3.05) is 14.2 Å². The molecule has 0 N–H and O–H groups in total. The third-order valence-electron chi connectivity index (χ3n) is 5.23. The SMILES string of the molecule is COc1cc2c(-c3ccccc3)nc3oc4c(C)cc(Cl)cc4c3c2cc1OC. The number of nitrogens with zero attached hydrogens (tertiary/aromatic N) is 1. The fraction of sp³-hybridized carbons (Fsp3) is 0.125. The van der Waals surface area contributed by atoms with E-state index in [-0.39, 0.29) is 0 Å². The van der Waals surface area contributed by atoms with Gasteiger partial charge in [-0.25, -0.2) is 4.98 Å². The maximum atomic E-state index is 6.36. The minimum atomic E-state index is 0.573. The Bertz CT molecular complexity index is 1390. The molecule has 0 saturated carbocycles. The van der Waals surface area contributed by atoms with Gasteiger partial charge in [0, 0.05) is 26.7 Å². The first-order chi connectivity index (χ1) is 14.1. The normalized spacial score (nSPS) is 11.4. The van der Waals surface area contributed by atoms with E-state index in [0.717, 1.165) is 43.9 Å². The van der Waals surface area contributed by atoms with Crippen molar-refractivity contribution in [3.8, 4) is 22.8 Å².